The van der Waals surface area contributed by atoms with E-state index >= 15 is 0 Å². The van der Waals surface area contributed by atoms with Gasteiger partial charge in [-0.3, -0.25) is 9.59 Å². The molecule has 35 heavy (non-hydrogen) atoms. The third-order valence-electron chi connectivity index (χ3n) is 5.76. The van der Waals surface area contributed by atoms with Crippen molar-refractivity contribution in [2.45, 2.75) is 87.2 Å². The molecule has 0 spiro atoms. The van der Waals surface area contributed by atoms with Gasteiger partial charge >= 0.3 is 5.97 Å². The van der Waals surface area contributed by atoms with Gasteiger partial charge in [0.2, 0.25) is 11.8 Å². The molecule has 0 aromatic carbocycles. The van der Waals surface area contributed by atoms with E-state index in [0.29, 0.717) is 0 Å². The van der Waals surface area contributed by atoms with E-state index in [4.69, 9.17) is 19.3 Å². The Labute approximate surface area is 199 Å². The van der Waals surface area contributed by atoms with Crippen LogP contribution < -0.4 is 10.6 Å². The summed E-state index contributed by atoms with van der Waals surface area (Å²) in [6, 6.07) is -2.80. The molecule has 2 amide bonds. The molecule has 2 aliphatic heterocycles. The van der Waals surface area contributed by atoms with Gasteiger partial charge < -0.3 is 65.7 Å². The van der Waals surface area contributed by atoms with Gasteiger partial charge in [0.05, 0.1) is 25.4 Å². The lowest BCUT2D eigenvalue weighted by atomic mass is 9.88. The zero-order valence-electron chi connectivity index (χ0n) is 18.9. The van der Waals surface area contributed by atoms with Gasteiger partial charge in [-0.15, -0.1) is 0 Å². The Bertz CT molecular complexity index is 770. The zero-order valence-corrected chi connectivity index (χ0v) is 18.9. The molecule has 10 N–H and O–H groups in total. The number of hydrogen-bond acceptors (Lipinski definition) is 13. The first kappa shape index (κ1) is 29.2. The standard InChI is InChI=1S/C19H32N2O14/c1-6(23)20-11-8(25)3-19(18(31)32,35-16(11)13(27)9(26)4-22)33-5-10-14(28)15(29)12(17(30)34-10)21-7(2)24/h8-17,22,25-30H,3-5H2,1-2H3,(H,20,23)(H,21,24)(H,31,32)/t8-,9+,10+,11+,12+,13+,14-,15+,16+,17+,19+/m0/s1. The Kier molecular flexibility index (Phi) is 9.88. The van der Waals surface area contributed by atoms with Crippen molar-refractivity contribution in [3.05, 3.63) is 0 Å². The third kappa shape index (κ3) is 6.62. The van der Waals surface area contributed by atoms with Crippen LogP contribution >= 0.6 is 0 Å². The number of carboxylic acid groups (broad SMARTS) is 1. The largest absolute Gasteiger partial charge is 0.477 e. The summed E-state index contributed by atoms with van der Waals surface area (Å²) in [5.41, 5.74) is 0. The fourth-order valence-electron chi connectivity index (χ4n) is 3.97. The molecule has 2 rings (SSSR count). The molecular weight excluding hydrogens is 480 g/mol. The molecule has 0 aromatic heterocycles. The lowest BCUT2D eigenvalue weighted by molar-refractivity contribution is -0.328. The molecule has 16 heteroatoms. The van der Waals surface area contributed by atoms with Crippen molar-refractivity contribution < 1.29 is 69.4 Å². The van der Waals surface area contributed by atoms with Crippen LogP contribution in [-0.4, -0.2) is 139 Å². The van der Waals surface area contributed by atoms with Crippen molar-refractivity contribution >= 4 is 17.8 Å². The highest BCUT2D eigenvalue weighted by Gasteiger charge is 2.56. The molecule has 0 saturated carbocycles. The van der Waals surface area contributed by atoms with Crippen LogP contribution in [-0.2, 0) is 28.6 Å². The van der Waals surface area contributed by atoms with Crippen LogP contribution in [0.3, 0.4) is 0 Å². The minimum absolute atomic E-state index is 0.628. The molecule has 0 aromatic rings. The van der Waals surface area contributed by atoms with Crippen molar-refractivity contribution in [3.63, 3.8) is 0 Å². The smallest absolute Gasteiger partial charge is 0.364 e. The molecule has 0 unspecified atom stereocenters. The van der Waals surface area contributed by atoms with Crippen LogP contribution in [0.1, 0.15) is 20.3 Å². The van der Waals surface area contributed by atoms with Crippen molar-refractivity contribution in [1.82, 2.24) is 10.6 Å². The third-order valence-corrected chi connectivity index (χ3v) is 5.76. The Morgan fingerprint density at radius 2 is 1.60 bits per heavy atom. The Morgan fingerprint density at radius 3 is 2.11 bits per heavy atom. The van der Waals surface area contributed by atoms with Gasteiger partial charge in [0, 0.05) is 20.3 Å². The number of hydrogen-bond donors (Lipinski definition) is 10. The van der Waals surface area contributed by atoms with Crippen molar-refractivity contribution in [2.75, 3.05) is 13.2 Å². The van der Waals surface area contributed by atoms with E-state index in [1.165, 1.54) is 0 Å². The summed E-state index contributed by atoms with van der Waals surface area (Å²) >= 11 is 0. The Morgan fingerprint density at radius 1 is 1.03 bits per heavy atom. The van der Waals surface area contributed by atoms with Gasteiger partial charge in [-0.1, -0.05) is 0 Å². The average Bonchev–Trinajstić information content (AvgIpc) is 2.78. The number of aliphatic carboxylic acids is 1. The lowest BCUT2D eigenvalue weighted by Gasteiger charge is -2.47. The highest BCUT2D eigenvalue weighted by Crippen LogP contribution is 2.34. The highest BCUT2D eigenvalue weighted by atomic mass is 16.7. The molecule has 2 fully saturated rings. The Balaban J connectivity index is 2.25. The maximum Gasteiger partial charge on any atom is 0.364 e. The first-order valence-electron chi connectivity index (χ1n) is 10.7. The number of nitrogens with one attached hydrogen (secondary N) is 2. The van der Waals surface area contributed by atoms with Crippen LogP contribution in [0.2, 0.25) is 0 Å². The molecule has 11 atom stereocenters. The number of aliphatic hydroxyl groups excluding tert-OH is 7. The first-order chi connectivity index (χ1) is 16.2. The Hall–Kier alpha value is -1.99. The molecule has 0 aliphatic carbocycles. The number of rotatable bonds is 9. The predicted molar refractivity (Wildman–Crippen MR) is 109 cm³/mol. The normalized spacial score (nSPS) is 39.3. The van der Waals surface area contributed by atoms with Crippen LogP contribution in [0.15, 0.2) is 0 Å². The molecule has 0 bridgehead atoms. The summed E-state index contributed by atoms with van der Waals surface area (Å²) in [6.45, 7) is 0.409. The molecule has 2 heterocycles. The molecule has 16 nitrogen and oxygen atoms in total. The van der Waals surface area contributed by atoms with E-state index in [-0.39, 0.29) is 0 Å². The van der Waals surface area contributed by atoms with E-state index < -0.39 is 104 Å². The second-order valence-electron chi connectivity index (χ2n) is 8.46. The summed E-state index contributed by atoms with van der Waals surface area (Å²) in [5.74, 6) is -5.80. The zero-order chi connectivity index (χ0) is 26.7. The minimum Gasteiger partial charge on any atom is -0.477 e. The van der Waals surface area contributed by atoms with Crippen LogP contribution in [0.25, 0.3) is 0 Å². The maximum atomic E-state index is 12.1. The van der Waals surface area contributed by atoms with E-state index in [1.54, 1.807) is 0 Å². The summed E-state index contributed by atoms with van der Waals surface area (Å²) in [6.07, 6.45) is -14.9. The van der Waals surface area contributed by atoms with Gasteiger partial charge in [0.1, 0.15) is 42.7 Å². The first-order valence-corrected chi connectivity index (χ1v) is 10.7. The van der Waals surface area contributed by atoms with Gasteiger partial charge in [0.25, 0.3) is 5.79 Å². The van der Waals surface area contributed by atoms with Crippen molar-refractivity contribution in [2.24, 2.45) is 0 Å². The van der Waals surface area contributed by atoms with E-state index in [0.717, 1.165) is 13.8 Å². The number of amides is 2. The van der Waals surface area contributed by atoms with Crippen molar-refractivity contribution in [3.8, 4) is 0 Å². The molecule has 202 valence electrons. The lowest BCUT2D eigenvalue weighted by Crippen LogP contribution is -2.68. The second-order valence-corrected chi connectivity index (χ2v) is 8.46. The summed E-state index contributed by atoms with van der Waals surface area (Å²) < 4.78 is 15.9. The topological polar surface area (TPSA) is 265 Å². The number of carbonyl (C=O) groups is 3. The van der Waals surface area contributed by atoms with Crippen LogP contribution in [0.5, 0.6) is 0 Å². The molecule has 2 aliphatic rings. The van der Waals surface area contributed by atoms with Gasteiger partial charge in [-0.2, -0.15) is 0 Å². The summed E-state index contributed by atoms with van der Waals surface area (Å²) in [7, 11) is 0. The van der Waals surface area contributed by atoms with E-state index in [2.05, 4.69) is 10.6 Å². The minimum atomic E-state index is -2.71. The quantitative estimate of drug-likeness (QED) is 0.138. The summed E-state index contributed by atoms with van der Waals surface area (Å²) in [4.78, 5) is 34.9. The second kappa shape index (κ2) is 11.8. The van der Waals surface area contributed by atoms with Crippen LogP contribution in [0.4, 0.5) is 0 Å². The highest BCUT2D eigenvalue weighted by molar-refractivity contribution is 5.76. The maximum absolute atomic E-state index is 12.1. The number of ether oxygens (including phenoxy) is 3. The number of carboxylic acids is 1. The van der Waals surface area contributed by atoms with Gasteiger partial charge in [0.15, 0.2) is 6.29 Å². The monoisotopic (exact) mass is 512 g/mol. The molecule has 2 saturated heterocycles. The fraction of sp³-hybridized carbons (Fsp3) is 0.842. The van der Waals surface area contributed by atoms with Gasteiger partial charge in [-0.25, -0.2) is 4.79 Å². The SMILES string of the molecule is CC(=O)N[C@@H]1[C@@H](O)[C@@H](O)[C@@H](CO[C@]2(C(=O)O)C[C@H](O)[C@@H](NC(C)=O)[C@H]([C@H](O)[C@H](O)CO)O2)O[C@H]1O. The molecular formula is C19H32N2O14. The van der Waals surface area contributed by atoms with E-state index in [1.807, 2.05) is 0 Å². The molecule has 0 radical (unpaired) electrons. The van der Waals surface area contributed by atoms with Gasteiger partial charge in [-0.05, 0) is 0 Å². The number of carbonyl (C=O) groups excluding carboxylic acids is 2. The average molecular weight is 512 g/mol. The fourth-order valence-corrected chi connectivity index (χ4v) is 3.97. The summed E-state index contributed by atoms with van der Waals surface area (Å²) in [5, 5.41) is 84.9. The predicted octanol–water partition coefficient (Wildman–Crippen LogP) is -5.90. The van der Waals surface area contributed by atoms with Crippen LogP contribution in [0, 0.1) is 0 Å². The number of aliphatic hydroxyl groups is 7. The van der Waals surface area contributed by atoms with Crippen molar-refractivity contribution in [1.29, 1.82) is 0 Å². The van der Waals surface area contributed by atoms with E-state index in [9.17, 15) is 50.1 Å².